The summed E-state index contributed by atoms with van der Waals surface area (Å²) in [5, 5.41) is 2.13. The minimum absolute atomic E-state index is 0.0615. The Kier molecular flexibility index (Phi) is 4.58. The van der Waals surface area contributed by atoms with Crippen LogP contribution >= 0.6 is 15.9 Å². The SMILES string of the molecule is CC(=O)N1CCC2(CC1)C(=O)N(Cc1ncc3ccccc3c1Br)c1cnccc12. The fourth-order valence-corrected chi connectivity index (χ4v) is 5.35. The highest BCUT2D eigenvalue weighted by atomic mass is 79.9. The Balaban J connectivity index is 1.52. The number of pyridine rings is 2. The first-order valence-corrected chi connectivity index (χ1v) is 10.8. The number of hydrogen-bond donors (Lipinski definition) is 0. The summed E-state index contributed by atoms with van der Waals surface area (Å²) in [4.78, 5) is 38.1. The number of carbonyl (C=O) groups excluding carboxylic acids is 2. The fraction of sp³-hybridized carbons (Fsp3) is 0.304. The van der Waals surface area contributed by atoms with Gasteiger partial charge in [0.05, 0.1) is 29.5 Å². The van der Waals surface area contributed by atoms with Crippen LogP contribution in [-0.2, 0) is 21.5 Å². The van der Waals surface area contributed by atoms with E-state index in [2.05, 4.69) is 25.9 Å². The van der Waals surface area contributed by atoms with Crippen molar-refractivity contribution in [3.8, 4) is 0 Å². The molecule has 0 radical (unpaired) electrons. The van der Waals surface area contributed by atoms with E-state index in [9.17, 15) is 9.59 Å². The molecule has 2 aliphatic rings. The fourth-order valence-electron chi connectivity index (χ4n) is 4.76. The zero-order chi connectivity index (χ0) is 20.9. The average Bonchev–Trinajstić information content (AvgIpc) is 2.99. The lowest BCUT2D eigenvalue weighted by Crippen LogP contribution is -2.49. The van der Waals surface area contributed by atoms with Gasteiger partial charge in [-0.2, -0.15) is 0 Å². The number of fused-ring (bicyclic) bond motifs is 3. The van der Waals surface area contributed by atoms with Crippen molar-refractivity contribution in [1.29, 1.82) is 0 Å². The van der Waals surface area contributed by atoms with Gasteiger partial charge >= 0.3 is 0 Å². The molecule has 152 valence electrons. The zero-order valence-corrected chi connectivity index (χ0v) is 18.2. The van der Waals surface area contributed by atoms with Gasteiger partial charge in [-0.25, -0.2) is 0 Å². The third-order valence-electron chi connectivity index (χ3n) is 6.44. The molecule has 7 heteroatoms. The van der Waals surface area contributed by atoms with Gasteiger partial charge in [0.1, 0.15) is 0 Å². The second kappa shape index (κ2) is 7.16. The van der Waals surface area contributed by atoms with Crippen LogP contribution in [-0.4, -0.2) is 39.8 Å². The van der Waals surface area contributed by atoms with Crippen LogP contribution in [0.1, 0.15) is 31.0 Å². The molecule has 4 heterocycles. The largest absolute Gasteiger partial charge is 0.343 e. The second-order valence-electron chi connectivity index (χ2n) is 7.98. The minimum Gasteiger partial charge on any atom is -0.343 e. The molecule has 5 rings (SSSR count). The molecule has 3 aromatic rings. The Morgan fingerprint density at radius 1 is 1.17 bits per heavy atom. The van der Waals surface area contributed by atoms with E-state index in [0.29, 0.717) is 32.5 Å². The van der Waals surface area contributed by atoms with E-state index in [4.69, 9.17) is 0 Å². The summed E-state index contributed by atoms with van der Waals surface area (Å²) in [6.45, 7) is 3.14. The molecule has 1 aromatic carbocycles. The van der Waals surface area contributed by atoms with E-state index in [1.54, 1.807) is 19.3 Å². The van der Waals surface area contributed by atoms with Crippen molar-refractivity contribution in [3.05, 3.63) is 64.7 Å². The Labute approximate surface area is 183 Å². The van der Waals surface area contributed by atoms with Gasteiger partial charge in [-0.3, -0.25) is 19.6 Å². The molecule has 0 atom stereocenters. The Bertz CT molecular complexity index is 1170. The van der Waals surface area contributed by atoms with Crippen molar-refractivity contribution >= 4 is 44.2 Å². The first kappa shape index (κ1) is 19.2. The average molecular weight is 465 g/mol. The number of likely N-dealkylation sites (tertiary alicyclic amines) is 1. The van der Waals surface area contributed by atoms with Gasteiger partial charge < -0.3 is 9.80 Å². The van der Waals surface area contributed by atoms with Gasteiger partial charge in [0.2, 0.25) is 11.8 Å². The third-order valence-corrected chi connectivity index (χ3v) is 7.33. The Morgan fingerprint density at radius 3 is 2.70 bits per heavy atom. The summed E-state index contributed by atoms with van der Waals surface area (Å²) in [6, 6.07) is 10.0. The minimum atomic E-state index is -0.590. The number of carbonyl (C=O) groups is 2. The predicted octanol–water partition coefficient (Wildman–Crippen LogP) is 3.82. The smallest absolute Gasteiger partial charge is 0.238 e. The lowest BCUT2D eigenvalue weighted by Gasteiger charge is -2.38. The normalized spacial score (nSPS) is 17.6. The lowest BCUT2D eigenvalue weighted by molar-refractivity contribution is -0.133. The summed E-state index contributed by atoms with van der Waals surface area (Å²) in [6.07, 6.45) is 6.63. The van der Waals surface area contributed by atoms with Crippen LogP contribution in [0.2, 0.25) is 0 Å². The van der Waals surface area contributed by atoms with Crippen LogP contribution in [0.4, 0.5) is 5.69 Å². The highest BCUT2D eigenvalue weighted by molar-refractivity contribution is 9.10. The van der Waals surface area contributed by atoms with Crippen LogP contribution in [0.3, 0.4) is 0 Å². The summed E-state index contributed by atoms with van der Waals surface area (Å²) < 4.78 is 0.909. The quantitative estimate of drug-likeness (QED) is 0.577. The second-order valence-corrected chi connectivity index (χ2v) is 8.77. The maximum Gasteiger partial charge on any atom is 0.238 e. The number of hydrogen-bond acceptors (Lipinski definition) is 4. The number of benzene rings is 1. The van der Waals surface area contributed by atoms with Gasteiger partial charge in [-0.1, -0.05) is 24.3 Å². The molecule has 2 aliphatic heterocycles. The maximum absolute atomic E-state index is 13.7. The van der Waals surface area contributed by atoms with Gasteiger partial charge in [0, 0.05) is 42.3 Å². The zero-order valence-electron chi connectivity index (χ0n) is 16.6. The number of amides is 2. The van der Waals surface area contributed by atoms with Crippen molar-refractivity contribution < 1.29 is 9.59 Å². The van der Waals surface area contributed by atoms with Gasteiger partial charge in [-0.05, 0) is 45.8 Å². The highest BCUT2D eigenvalue weighted by Crippen LogP contribution is 2.48. The molecule has 0 aliphatic carbocycles. The van der Waals surface area contributed by atoms with Gasteiger partial charge in [0.25, 0.3) is 0 Å². The highest BCUT2D eigenvalue weighted by Gasteiger charge is 2.52. The van der Waals surface area contributed by atoms with Crippen molar-refractivity contribution in [2.45, 2.75) is 31.7 Å². The number of halogens is 1. The summed E-state index contributed by atoms with van der Waals surface area (Å²) in [7, 11) is 0. The molecule has 0 bridgehead atoms. The molecular weight excluding hydrogens is 444 g/mol. The standard InChI is InChI=1S/C23H21BrN4O2/c1-15(29)27-10-7-23(8-11-27)18-6-9-25-13-20(18)28(22(23)30)14-19-21(24)17-5-3-2-4-16(17)12-26-19/h2-6,9,12-13H,7-8,10-11,14H2,1H3. The van der Waals surface area contributed by atoms with E-state index in [1.807, 2.05) is 46.3 Å². The molecule has 2 amide bonds. The number of aromatic nitrogens is 2. The third kappa shape index (κ3) is 2.83. The van der Waals surface area contributed by atoms with Crippen molar-refractivity contribution in [1.82, 2.24) is 14.9 Å². The molecule has 0 saturated carbocycles. The van der Waals surface area contributed by atoms with E-state index in [0.717, 1.165) is 32.2 Å². The van der Waals surface area contributed by atoms with Crippen LogP contribution in [0, 0.1) is 0 Å². The molecule has 0 N–H and O–H groups in total. The molecule has 1 fully saturated rings. The maximum atomic E-state index is 13.7. The van der Waals surface area contributed by atoms with Crippen molar-refractivity contribution in [2.24, 2.45) is 0 Å². The van der Waals surface area contributed by atoms with Gasteiger partial charge in [-0.15, -0.1) is 0 Å². The lowest BCUT2D eigenvalue weighted by atomic mass is 9.74. The van der Waals surface area contributed by atoms with E-state index < -0.39 is 5.41 Å². The summed E-state index contributed by atoms with van der Waals surface area (Å²) in [5.41, 5.74) is 2.09. The number of piperidine rings is 1. The van der Waals surface area contributed by atoms with E-state index in [-0.39, 0.29) is 11.8 Å². The Hall–Kier alpha value is -2.80. The number of nitrogens with zero attached hydrogens (tertiary/aromatic N) is 4. The van der Waals surface area contributed by atoms with Crippen LogP contribution in [0.5, 0.6) is 0 Å². The summed E-state index contributed by atoms with van der Waals surface area (Å²) >= 11 is 3.70. The van der Waals surface area contributed by atoms with Crippen molar-refractivity contribution in [3.63, 3.8) is 0 Å². The van der Waals surface area contributed by atoms with Crippen molar-refractivity contribution in [2.75, 3.05) is 18.0 Å². The van der Waals surface area contributed by atoms with Crippen LogP contribution in [0.15, 0.2) is 53.4 Å². The number of rotatable bonds is 2. The van der Waals surface area contributed by atoms with Crippen LogP contribution < -0.4 is 4.90 Å². The molecule has 2 aromatic heterocycles. The van der Waals surface area contributed by atoms with Gasteiger partial charge in [0.15, 0.2) is 0 Å². The molecular formula is C23H21BrN4O2. The molecule has 30 heavy (non-hydrogen) atoms. The molecule has 1 spiro atoms. The molecule has 6 nitrogen and oxygen atoms in total. The van der Waals surface area contributed by atoms with Crippen LogP contribution in [0.25, 0.3) is 10.8 Å². The first-order valence-electron chi connectivity index (χ1n) is 10.1. The molecule has 0 unspecified atom stereocenters. The van der Waals surface area contributed by atoms with E-state index >= 15 is 0 Å². The number of anilines is 1. The predicted molar refractivity (Wildman–Crippen MR) is 118 cm³/mol. The molecule has 1 saturated heterocycles. The summed E-state index contributed by atoms with van der Waals surface area (Å²) in [5.74, 6) is 0.141. The Morgan fingerprint density at radius 2 is 1.93 bits per heavy atom. The van der Waals surface area contributed by atoms with E-state index in [1.165, 1.54) is 0 Å². The monoisotopic (exact) mass is 464 g/mol. The topological polar surface area (TPSA) is 66.4 Å². The first-order chi connectivity index (χ1) is 14.5.